The molecule has 0 atom stereocenters. The van der Waals surface area contributed by atoms with E-state index in [9.17, 15) is 4.79 Å². The van der Waals surface area contributed by atoms with Gasteiger partial charge in [0.2, 0.25) is 0 Å². The van der Waals surface area contributed by atoms with Gasteiger partial charge >= 0.3 is 0 Å². The molecule has 0 aromatic carbocycles. The second-order valence-corrected chi connectivity index (χ2v) is 4.35. The molecule has 1 heterocycles. The van der Waals surface area contributed by atoms with Crippen molar-refractivity contribution in [2.24, 2.45) is 0 Å². The highest BCUT2D eigenvalue weighted by Crippen LogP contribution is 2.18. The number of nitrogens with zero attached hydrogens (tertiary/aromatic N) is 2. The maximum atomic E-state index is 12.0. The minimum atomic E-state index is 0.115. The molecule has 0 radical (unpaired) electrons. The van der Waals surface area contributed by atoms with Crippen molar-refractivity contribution in [1.29, 1.82) is 0 Å². The number of unbranched alkanes of at least 4 members (excludes halogenated alkanes) is 2. The third-order valence-corrected chi connectivity index (χ3v) is 2.78. The molecule has 0 N–H and O–H groups in total. The van der Waals surface area contributed by atoms with Gasteiger partial charge < -0.3 is 0 Å². The summed E-state index contributed by atoms with van der Waals surface area (Å²) in [6.07, 6.45) is 6.23. The maximum absolute atomic E-state index is 12.0. The lowest BCUT2D eigenvalue weighted by Gasteiger charge is -2.05. The topological polar surface area (TPSA) is 34.9 Å². The maximum Gasteiger partial charge on any atom is 0.182 e. The van der Waals surface area contributed by atoms with Gasteiger partial charge in [0.15, 0.2) is 5.78 Å². The van der Waals surface area contributed by atoms with Gasteiger partial charge in [0, 0.05) is 13.0 Å². The first kappa shape index (κ1) is 13.2. The Balaban J connectivity index is 2.69. The zero-order chi connectivity index (χ0) is 12.0. The molecular weight excluding hydrogens is 224 g/mol. The minimum Gasteiger partial charge on any atom is -0.292 e. The summed E-state index contributed by atoms with van der Waals surface area (Å²) in [6.45, 7) is 4.93. The lowest BCUT2D eigenvalue weighted by Crippen LogP contribution is -2.10. The number of ketones is 1. The molecule has 1 aromatic rings. The van der Waals surface area contributed by atoms with Crippen LogP contribution in [0, 0.1) is 0 Å². The Morgan fingerprint density at radius 2 is 2.12 bits per heavy atom. The zero-order valence-electron chi connectivity index (χ0n) is 10.0. The van der Waals surface area contributed by atoms with Crippen LogP contribution in [0.5, 0.6) is 0 Å². The molecule has 1 aromatic heterocycles. The first-order chi connectivity index (χ1) is 7.70. The standard InChI is InChI=1S/C12H19ClN2O/c1-3-5-6-7-11(16)12-10(13)9-14-15(12)8-4-2/h9H,3-8H2,1-2H3. The zero-order valence-corrected chi connectivity index (χ0v) is 10.8. The third-order valence-electron chi connectivity index (χ3n) is 2.50. The van der Waals surface area contributed by atoms with Crippen molar-refractivity contribution >= 4 is 17.4 Å². The number of carbonyl (C=O) groups excluding carboxylic acids is 1. The monoisotopic (exact) mass is 242 g/mol. The van der Waals surface area contributed by atoms with Crippen LogP contribution >= 0.6 is 11.6 Å². The Bertz CT molecular complexity index is 347. The molecule has 0 unspecified atom stereocenters. The normalized spacial score (nSPS) is 10.7. The van der Waals surface area contributed by atoms with Crippen molar-refractivity contribution in [2.45, 2.75) is 52.5 Å². The molecule has 90 valence electrons. The van der Waals surface area contributed by atoms with Gasteiger partial charge in [-0.15, -0.1) is 0 Å². The average Bonchev–Trinajstić information content (AvgIpc) is 2.61. The van der Waals surface area contributed by atoms with Crippen LogP contribution in [0.15, 0.2) is 6.20 Å². The van der Waals surface area contributed by atoms with Crippen molar-refractivity contribution < 1.29 is 4.79 Å². The van der Waals surface area contributed by atoms with Crippen LogP contribution in [-0.2, 0) is 6.54 Å². The number of carbonyl (C=O) groups is 1. The lowest BCUT2D eigenvalue weighted by molar-refractivity contribution is 0.0969. The van der Waals surface area contributed by atoms with E-state index in [1.54, 1.807) is 10.9 Å². The summed E-state index contributed by atoms with van der Waals surface area (Å²) in [5, 5.41) is 4.60. The number of halogens is 1. The predicted octanol–water partition coefficient (Wildman–Crippen LogP) is 3.71. The highest BCUT2D eigenvalue weighted by Gasteiger charge is 2.16. The summed E-state index contributed by atoms with van der Waals surface area (Å²) < 4.78 is 1.72. The molecule has 0 aliphatic heterocycles. The van der Waals surface area contributed by atoms with Gasteiger partial charge in [-0.05, 0) is 12.8 Å². The fourth-order valence-corrected chi connectivity index (χ4v) is 1.92. The number of hydrogen-bond acceptors (Lipinski definition) is 2. The van der Waals surface area contributed by atoms with E-state index in [4.69, 9.17) is 11.6 Å². The summed E-state index contributed by atoms with van der Waals surface area (Å²) in [5.41, 5.74) is 0.583. The van der Waals surface area contributed by atoms with E-state index in [-0.39, 0.29) is 5.78 Å². The highest BCUT2D eigenvalue weighted by molar-refractivity contribution is 6.33. The number of aryl methyl sites for hydroxylation is 1. The van der Waals surface area contributed by atoms with E-state index in [0.29, 0.717) is 17.1 Å². The van der Waals surface area contributed by atoms with Crippen molar-refractivity contribution in [1.82, 2.24) is 9.78 Å². The molecule has 4 heteroatoms. The van der Waals surface area contributed by atoms with Crippen molar-refractivity contribution in [3.63, 3.8) is 0 Å². The van der Waals surface area contributed by atoms with Crippen LogP contribution in [0.1, 0.15) is 56.4 Å². The second-order valence-electron chi connectivity index (χ2n) is 3.94. The van der Waals surface area contributed by atoms with E-state index >= 15 is 0 Å². The molecule has 0 spiro atoms. The third kappa shape index (κ3) is 3.34. The molecule has 0 saturated heterocycles. The molecular formula is C12H19ClN2O. The smallest absolute Gasteiger partial charge is 0.182 e. The summed E-state index contributed by atoms with van der Waals surface area (Å²) in [7, 11) is 0. The van der Waals surface area contributed by atoms with E-state index in [1.807, 2.05) is 0 Å². The summed E-state index contributed by atoms with van der Waals surface area (Å²) in [6, 6.07) is 0. The summed E-state index contributed by atoms with van der Waals surface area (Å²) in [4.78, 5) is 12.0. The number of hydrogen-bond donors (Lipinski definition) is 0. The molecule has 0 fully saturated rings. The van der Waals surface area contributed by atoms with Crippen LogP contribution in [0.4, 0.5) is 0 Å². The lowest BCUT2D eigenvalue weighted by atomic mass is 10.1. The first-order valence-electron chi connectivity index (χ1n) is 5.95. The highest BCUT2D eigenvalue weighted by atomic mass is 35.5. The number of aromatic nitrogens is 2. The molecule has 0 aliphatic rings. The van der Waals surface area contributed by atoms with Gasteiger partial charge in [0.1, 0.15) is 5.69 Å². The van der Waals surface area contributed by atoms with Gasteiger partial charge in [0.25, 0.3) is 0 Å². The van der Waals surface area contributed by atoms with Gasteiger partial charge in [0.05, 0.1) is 11.2 Å². The van der Waals surface area contributed by atoms with Gasteiger partial charge in [-0.1, -0.05) is 38.3 Å². The molecule has 1 rings (SSSR count). The van der Waals surface area contributed by atoms with E-state index in [0.717, 1.165) is 32.2 Å². The molecule has 0 saturated carbocycles. The average molecular weight is 243 g/mol. The van der Waals surface area contributed by atoms with E-state index in [2.05, 4.69) is 18.9 Å². The Kier molecular flexibility index (Phi) is 5.53. The van der Waals surface area contributed by atoms with Crippen LogP contribution in [0.2, 0.25) is 5.02 Å². The van der Waals surface area contributed by atoms with Crippen molar-refractivity contribution in [3.8, 4) is 0 Å². The Hall–Kier alpha value is -0.830. The molecule has 0 amide bonds. The Morgan fingerprint density at radius 1 is 1.38 bits per heavy atom. The number of Topliss-reactive ketones (excluding diaryl/α,β-unsaturated/α-hetero) is 1. The Labute approximate surface area is 102 Å². The predicted molar refractivity (Wildman–Crippen MR) is 66.0 cm³/mol. The van der Waals surface area contributed by atoms with Crippen LogP contribution in [-0.4, -0.2) is 15.6 Å². The fraction of sp³-hybridized carbons (Fsp3) is 0.667. The van der Waals surface area contributed by atoms with Gasteiger partial charge in [-0.25, -0.2) is 0 Å². The summed E-state index contributed by atoms with van der Waals surface area (Å²) >= 11 is 5.98. The second kappa shape index (κ2) is 6.69. The quantitative estimate of drug-likeness (QED) is 0.540. The van der Waals surface area contributed by atoms with Crippen molar-refractivity contribution in [2.75, 3.05) is 0 Å². The molecule has 16 heavy (non-hydrogen) atoms. The van der Waals surface area contributed by atoms with Gasteiger partial charge in [-0.3, -0.25) is 9.48 Å². The fourth-order valence-electron chi connectivity index (χ4n) is 1.67. The van der Waals surface area contributed by atoms with Crippen molar-refractivity contribution in [3.05, 3.63) is 16.9 Å². The number of rotatable bonds is 7. The molecule has 0 aliphatic carbocycles. The SMILES string of the molecule is CCCCCC(=O)c1c(Cl)cnn1CCC. The van der Waals surface area contributed by atoms with Crippen LogP contribution < -0.4 is 0 Å². The van der Waals surface area contributed by atoms with Gasteiger partial charge in [-0.2, -0.15) is 5.10 Å². The minimum absolute atomic E-state index is 0.115. The molecule has 0 bridgehead atoms. The molecule has 3 nitrogen and oxygen atoms in total. The first-order valence-corrected chi connectivity index (χ1v) is 6.33. The Morgan fingerprint density at radius 3 is 2.75 bits per heavy atom. The van der Waals surface area contributed by atoms with Crippen LogP contribution in [0.3, 0.4) is 0 Å². The largest absolute Gasteiger partial charge is 0.292 e. The van der Waals surface area contributed by atoms with E-state index < -0.39 is 0 Å². The van der Waals surface area contributed by atoms with E-state index in [1.165, 1.54) is 0 Å². The summed E-state index contributed by atoms with van der Waals surface area (Å²) in [5.74, 6) is 0.115. The van der Waals surface area contributed by atoms with Crippen LogP contribution in [0.25, 0.3) is 0 Å².